The number of hydrogen-bond acceptors (Lipinski definition) is 3. The van der Waals surface area contributed by atoms with Gasteiger partial charge in [-0.25, -0.2) is 0 Å². The number of hydrogen-bond donors (Lipinski definition) is 0. The summed E-state index contributed by atoms with van der Waals surface area (Å²) in [7, 11) is 0. The topological polar surface area (TPSA) is 34.1 Å². The van der Waals surface area contributed by atoms with Crippen LogP contribution >= 0.6 is 11.3 Å². The van der Waals surface area contributed by atoms with E-state index in [1.54, 1.807) is 11.3 Å². The van der Waals surface area contributed by atoms with E-state index in [9.17, 15) is 9.59 Å². The van der Waals surface area contributed by atoms with Crippen LogP contribution in [0.1, 0.15) is 44.7 Å². The predicted octanol–water partition coefficient (Wildman–Crippen LogP) is 4.31. The minimum atomic E-state index is 0.266. The van der Waals surface area contributed by atoms with Crippen LogP contribution in [0, 0.1) is 0 Å². The van der Waals surface area contributed by atoms with Gasteiger partial charge in [-0.15, -0.1) is 11.3 Å². The Kier molecular flexibility index (Phi) is 2.11. The van der Waals surface area contributed by atoms with Crippen LogP contribution in [0.5, 0.6) is 0 Å². The molecule has 0 spiro atoms. The van der Waals surface area contributed by atoms with Gasteiger partial charge in [0.05, 0.1) is 0 Å². The number of ketones is 2. The Morgan fingerprint density at radius 3 is 2.00 bits per heavy atom. The molecule has 2 nitrogen and oxygen atoms in total. The van der Waals surface area contributed by atoms with E-state index in [1.165, 1.54) is 26.6 Å². The summed E-state index contributed by atoms with van der Waals surface area (Å²) in [5.74, 6) is 0.532. The van der Waals surface area contributed by atoms with E-state index in [0.29, 0.717) is 12.8 Å². The van der Waals surface area contributed by atoms with Crippen LogP contribution < -0.4 is 0 Å². The molecule has 1 aromatic heterocycles. The zero-order chi connectivity index (χ0) is 14.1. The number of fused-ring (bicyclic) bond motifs is 5. The van der Waals surface area contributed by atoms with Crippen LogP contribution in [-0.4, -0.2) is 11.6 Å². The number of Topliss-reactive ketones (excluding diaryl/α,β-unsaturated/α-hetero) is 2. The highest BCUT2D eigenvalue weighted by Gasteiger charge is 2.24. The molecule has 0 saturated heterocycles. The van der Waals surface area contributed by atoms with Gasteiger partial charge in [-0.1, -0.05) is 0 Å². The molecule has 21 heavy (non-hydrogen) atoms. The van der Waals surface area contributed by atoms with E-state index >= 15 is 0 Å². The molecule has 2 aromatic carbocycles. The van der Waals surface area contributed by atoms with E-state index < -0.39 is 0 Å². The van der Waals surface area contributed by atoms with Crippen LogP contribution in [0.4, 0.5) is 0 Å². The highest BCUT2D eigenvalue weighted by molar-refractivity contribution is 7.25. The maximum absolute atomic E-state index is 12.0. The number of thiophene rings is 1. The lowest BCUT2D eigenvalue weighted by atomic mass is 10.0. The standard InChI is InChI=1S/C18H12O2S/c19-15-4-2-10-6-17-14(7-11(10)15)13-5-9-1-3-16(20)12(9)8-18(13)21-17/h5-8H,1-4H2. The Bertz CT molecular complexity index is 978. The summed E-state index contributed by atoms with van der Waals surface area (Å²) in [5.41, 5.74) is 4.15. The first-order valence-electron chi connectivity index (χ1n) is 7.29. The first-order valence-corrected chi connectivity index (χ1v) is 8.11. The molecular weight excluding hydrogens is 280 g/mol. The predicted molar refractivity (Wildman–Crippen MR) is 84.6 cm³/mol. The average Bonchev–Trinajstić information content (AvgIpc) is 3.13. The summed E-state index contributed by atoms with van der Waals surface area (Å²) < 4.78 is 2.39. The Labute approximate surface area is 125 Å². The third-order valence-corrected chi connectivity index (χ3v) is 5.88. The van der Waals surface area contributed by atoms with Crippen LogP contribution in [0.2, 0.25) is 0 Å². The smallest absolute Gasteiger partial charge is 0.163 e. The van der Waals surface area contributed by atoms with Crippen molar-refractivity contribution in [3.8, 4) is 0 Å². The Hall–Kier alpha value is -2.00. The van der Waals surface area contributed by atoms with Gasteiger partial charge in [-0.05, 0) is 48.2 Å². The third-order valence-electron chi connectivity index (χ3n) is 4.76. The molecule has 0 radical (unpaired) electrons. The van der Waals surface area contributed by atoms with Gasteiger partial charge in [0.15, 0.2) is 11.6 Å². The van der Waals surface area contributed by atoms with Crippen molar-refractivity contribution in [1.82, 2.24) is 0 Å². The molecule has 3 heteroatoms. The third kappa shape index (κ3) is 1.47. The second-order valence-corrected chi connectivity index (χ2v) is 7.04. The molecule has 1 heterocycles. The summed E-state index contributed by atoms with van der Waals surface area (Å²) >= 11 is 1.73. The molecule has 0 bridgehead atoms. The highest BCUT2D eigenvalue weighted by Crippen LogP contribution is 2.40. The van der Waals surface area contributed by atoms with Crippen molar-refractivity contribution >= 4 is 43.1 Å². The van der Waals surface area contributed by atoms with E-state index in [0.717, 1.165) is 28.7 Å². The number of rotatable bonds is 0. The second-order valence-electron chi connectivity index (χ2n) is 5.96. The lowest BCUT2D eigenvalue weighted by molar-refractivity contribution is 0.0986. The Balaban J connectivity index is 1.89. The van der Waals surface area contributed by atoms with Crippen LogP contribution in [-0.2, 0) is 12.8 Å². The van der Waals surface area contributed by atoms with E-state index in [1.807, 2.05) is 0 Å². The van der Waals surface area contributed by atoms with Crippen molar-refractivity contribution in [1.29, 1.82) is 0 Å². The van der Waals surface area contributed by atoms with Gasteiger partial charge >= 0.3 is 0 Å². The van der Waals surface area contributed by atoms with Crippen molar-refractivity contribution in [3.63, 3.8) is 0 Å². The zero-order valence-electron chi connectivity index (χ0n) is 11.4. The molecular formula is C18H12O2S. The van der Waals surface area contributed by atoms with Gasteiger partial charge in [0.25, 0.3) is 0 Å². The van der Waals surface area contributed by atoms with Gasteiger partial charge in [0.1, 0.15) is 0 Å². The monoisotopic (exact) mass is 292 g/mol. The van der Waals surface area contributed by atoms with Crippen molar-refractivity contribution in [2.75, 3.05) is 0 Å². The van der Waals surface area contributed by atoms with Gasteiger partial charge < -0.3 is 0 Å². The SMILES string of the molecule is O=C1CCc2cc3c(cc21)sc1cc2c(cc13)C(=O)CC2. The number of carbonyl (C=O) groups is 2. The summed E-state index contributed by atoms with van der Waals surface area (Å²) in [6.45, 7) is 0. The maximum atomic E-state index is 12.0. The molecule has 0 unspecified atom stereocenters. The number of benzene rings is 2. The fourth-order valence-corrected chi connectivity index (χ4v) is 4.83. The molecule has 2 aliphatic rings. The normalized spacial score (nSPS) is 17.0. The number of carbonyl (C=O) groups excluding carboxylic acids is 2. The average molecular weight is 292 g/mol. The van der Waals surface area contributed by atoms with Gasteiger partial charge in [0, 0.05) is 44.1 Å². The Morgan fingerprint density at radius 2 is 1.24 bits per heavy atom. The fraction of sp³-hybridized carbons (Fsp3) is 0.222. The first-order chi connectivity index (χ1) is 10.2. The molecule has 0 saturated carbocycles. The van der Waals surface area contributed by atoms with E-state index in [-0.39, 0.29) is 11.6 Å². The fourth-order valence-electron chi connectivity index (χ4n) is 3.65. The summed E-state index contributed by atoms with van der Waals surface area (Å²) in [6.07, 6.45) is 3.01. The minimum Gasteiger partial charge on any atom is -0.294 e. The minimum absolute atomic E-state index is 0.266. The van der Waals surface area contributed by atoms with Crippen LogP contribution in [0.15, 0.2) is 24.3 Å². The summed E-state index contributed by atoms with van der Waals surface area (Å²) in [4.78, 5) is 23.8. The second kappa shape index (κ2) is 3.80. The van der Waals surface area contributed by atoms with Crippen molar-refractivity contribution in [3.05, 3.63) is 46.5 Å². The van der Waals surface area contributed by atoms with Crippen LogP contribution in [0.25, 0.3) is 20.2 Å². The maximum Gasteiger partial charge on any atom is 0.163 e. The molecule has 0 fully saturated rings. The quantitative estimate of drug-likeness (QED) is 0.618. The molecule has 0 aliphatic heterocycles. The molecule has 3 aromatic rings. The first kappa shape index (κ1) is 11.6. The highest BCUT2D eigenvalue weighted by atomic mass is 32.1. The Morgan fingerprint density at radius 1 is 0.667 bits per heavy atom. The summed E-state index contributed by atoms with van der Waals surface area (Å²) in [5, 5.41) is 2.37. The summed E-state index contributed by atoms with van der Waals surface area (Å²) in [6, 6.07) is 8.47. The lowest BCUT2D eigenvalue weighted by Crippen LogP contribution is -1.91. The van der Waals surface area contributed by atoms with Gasteiger partial charge in [0.2, 0.25) is 0 Å². The van der Waals surface area contributed by atoms with Crippen molar-refractivity contribution in [2.45, 2.75) is 25.7 Å². The molecule has 0 N–H and O–H groups in total. The van der Waals surface area contributed by atoms with Crippen LogP contribution in [0.3, 0.4) is 0 Å². The van der Waals surface area contributed by atoms with Gasteiger partial charge in [-0.2, -0.15) is 0 Å². The van der Waals surface area contributed by atoms with E-state index in [2.05, 4.69) is 24.3 Å². The molecule has 0 amide bonds. The molecule has 102 valence electrons. The largest absolute Gasteiger partial charge is 0.294 e. The molecule has 5 rings (SSSR count). The van der Waals surface area contributed by atoms with Crippen molar-refractivity contribution in [2.24, 2.45) is 0 Å². The van der Waals surface area contributed by atoms with E-state index in [4.69, 9.17) is 0 Å². The van der Waals surface area contributed by atoms with Crippen molar-refractivity contribution < 1.29 is 9.59 Å². The zero-order valence-corrected chi connectivity index (χ0v) is 12.2. The molecule has 0 atom stereocenters. The van der Waals surface area contributed by atoms with Gasteiger partial charge in [-0.3, -0.25) is 9.59 Å². The number of aryl methyl sites for hydroxylation is 2. The lowest BCUT2D eigenvalue weighted by Gasteiger charge is -2.00. The molecule has 2 aliphatic carbocycles.